The summed E-state index contributed by atoms with van der Waals surface area (Å²) in [6.07, 6.45) is 0.873. The first kappa shape index (κ1) is 18.0. The first-order chi connectivity index (χ1) is 11.5. The minimum Gasteiger partial charge on any atom is -0.452 e. The Balaban J connectivity index is 1.69. The van der Waals surface area contributed by atoms with Crippen LogP contribution in [0.1, 0.15) is 22.8 Å². The van der Waals surface area contributed by atoms with Gasteiger partial charge in [0.15, 0.2) is 6.61 Å². The van der Waals surface area contributed by atoms with Crippen LogP contribution >= 0.6 is 11.8 Å². The van der Waals surface area contributed by atoms with Crippen molar-refractivity contribution in [2.24, 2.45) is 0 Å². The molecule has 2 rings (SSSR count). The molecule has 0 saturated carbocycles. The third-order valence-corrected chi connectivity index (χ3v) is 4.29. The highest BCUT2D eigenvalue weighted by Gasteiger charge is 2.29. The van der Waals surface area contributed by atoms with E-state index in [0.717, 1.165) is 28.6 Å². The molecule has 1 aromatic rings. The number of carbonyl (C=O) groups is 4. The molecule has 0 atom stereocenters. The van der Waals surface area contributed by atoms with E-state index in [4.69, 9.17) is 4.74 Å². The quantitative estimate of drug-likeness (QED) is 0.743. The van der Waals surface area contributed by atoms with Crippen molar-refractivity contribution in [3.8, 4) is 0 Å². The summed E-state index contributed by atoms with van der Waals surface area (Å²) in [5, 5.41) is 2.20. The van der Waals surface area contributed by atoms with Crippen molar-refractivity contribution >= 4 is 34.8 Å². The van der Waals surface area contributed by atoms with Gasteiger partial charge in [-0.25, -0.2) is 4.79 Å². The topological polar surface area (TPSA) is 92.8 Å². The first-order valence-corrected chi connectivity index (χ1v) is 8.49. The van der Waals surface area contributed by atoms with Crippen LogP contribution in [0.25, 0.3) is 0 Å². The molecule has 0 spiro atoms. The van der Waals surface area contributed by atoms with Gasteiger partial charge in [-0.15, -0.1) is 0 Å². The van der Waals surface area contributed by atoms with Crippen molar-refractivity contribution in [2.75, 3.05) is 25.4 Å². The molecule has 1 N–H and O–H groups in total. The van der Waals surface area contributed by atoms with E-state index in [2.05, 4.69) is 5.32 Å². The standard InChI is InChI=1S/C16H18N2O5S/c1-2-11-3-5-12(6-4-11)15(21)23-9-13(19)17-7-8-18-14(20)10-24-16(18)22/h3-6H,2,7-10H2,1H3,(H,17,19). The number of ether oxygens (including phenoxy) is 1. The Hall–Kier alpha value is -2.35. The average Bonchev–Trinajstić information content (AvgIpc) is 2.91. The number of esters is 1. The summed E-state index contributed by atoms with van der Waals surface area (Å²) in [6, 6.07) is 6.97. The van der Waals surface area contributed by atoms with Crippen LogP contribution in [0.2, 0.25) is 0 Å². The fraction of sp³-hybridized carbons (Fsp3) is 0.375. The van der Waals surface area contributed by atoms with Gasteiger partial charge in [-0.05, 0) is 24.1 Å². The molecule has 0 unspecified atom stereocenters. The number of nitrogens with zero attached hydrogens (tertiary/aromatic N) is 1. The van der Waals surface area contributed by atoms with Crippen molar-refractivity contribution in [2.45, 2.75) is 13.3 Å². The van der Waals surface area contributed by atoms with Crippen LogP contribution in [-0.4, -0.2) is 53.4 Å². The Kier molecular flexibility index (Phi) is 6.36. The Morgan fingerprint density at radius 1 is 1.25 bits per heavy atom. The third-order valence-electron chi connectivity index (χ3n) is 3.43. The Morgan fingerprint density at radius 3 is 2.54 bits per heavy atom. The van der Waals surface area contributed by atoms with Gasteiger partial charge in [-0.2, -0.15) is 0 Å². The second-order valence-corrected chi connectivity index (χ2v) is 6.00. The number of rotatable bonds is 7. The summed E-state index contributed by atoms with van der Waals surface area (Å²) in [6.45, 7) is 1.84. The number of hydrogen-bond acceptors (Lipinski definition) is 6. The molecule has 1 heterocycles. The summed E-state index contributed by atoms with van der Waals surface area (Å²) in [7, 11) is 0. The summed E-state index contributed by atoms with van der Waals surface area (Å²) < 4.78 is 4.93. The second kappa shape index (κ2) is 8.49. The van der Waals surface area contributed by atoms with E-state index in [1.165, 1.54) is 0 Å². The SMILES string of the molecule is CCc1ccc(C(=O)OCC(=O)NCCN2C(=O)CSC2=O)cc1. The van der Waals surface area contributed by atoms with Gasteiger partial charge in [-0.3, -0.25) is 19.3 Å². The Labute approximate surface area is 143 Å². The molecule has 0 radical (unpaired) electrons. The maximum atomic E-state index is 11.8. The number of nitrogens with one attached hydrogen (secondary N) is 1. The number of hydrogen-bond donors (Lipinski definition) is 1. The molecule has 0 bridgehead atoms. The lowest BCUT2D eigenvalue weighted by Crippen LogP contribution is -2.38. The maximum Gasteiger partial charge on any atom is 0.338 e. The lowest BCUT2D eigenvalue weighted by Gasteiger charge is -2.13. The Bertz CT molecular complexity index is 628. The van der Waals surface area contributed by atoms with E-state index in [1.54, 1.807) is 12.1 Å². The van der Waals surface area contributed by atoms with Gasteiger partial charge in [0.2, 0.25) is 5.91 Å². The van der Waals surface area contributed by atoms with Gasteiger partial charge in [0.05, 0.1) is 11.3 Å². The van der Waals surface area contributed by atoms with E-state index in [9.17, 15) is 19.2 Å². The molecule has 128 valence electrons. The second-order valence-electron chi connectivity index (χ2n) is 5.08. The lowest BCUT2D eigenvalue weighted by atomic mass is 10.1. The summed E-state index contributed by atoms with van der Waals surface area (Å²) in [5.74, 6) is -1.18. The van der Waals surface area contributed by atoms with E-state index >= 15 is 0 Å². The predicted molar refractivity (Wildman–Crippen MR) is 88.7 cm³/mol. The van der Waals surface area contributed by atoms with Crippen molar-refractivity contribution in [1.29, 1.82) is 0 Å². The van der Waals surface area contributed by atoms with Gasteiger partial charge in [-0.1, -0.05) is 30.8 Å². The van der Waals surface area contributed by atoms with E-state index in [-0.39, 0.29) is 30.0 Å². The van der Waals surface area contributed by atoms with Crippen LogP contribution in [-0.2, 0) is 20.7 Å². The lowest BCUT2D eigenvalue weighted by molar-refractivity contribution is -0.126. The maximum absolute atomic E-state index is 11.8. The number of benzene rings is 1. The van der Waals surface area contributed by atoms with E-state index in [1.807, 2.05) is 19.1 Å². The highest BCUT2D eigenvalue weighted by molar-refractivity contribution is 8.14. The summed E-state index contributed by atoms with van der Waals surface area (Å²) >= 11 is 0.942. The van der Waals surface area contributed by atoms with Crippen LogP contribution in [0.15, 0.2) is 24.3 Å². The van der Waals surface area contributed by atoms with Crippen molar-refractivity contribution < 1.29 is 23.9 Å². The molecular weight excluding hydrogens is 332 g/mol. The highest BCUT2D eigenvalue weighted by atomic mass is 32.2. The van der Waals surface area contributed by atoms with Crippen molar-refractivity contribution in [1.82, 2.24) is 10.2 Å². The smallest absolute Gasteiger partial charge is 0.338 e. The van der Waals surface area contributed by atoms with Crippen LogP contribution in [0.5, 0.6) is 0 Å². The van der Waals surface area contributed by atoms with Gasteiger partial charge >= 0.3 is 5.97 Å². The zero-order valence-electron chi connectivity index (χ0n) is 13.2. The molecule has 24 heavy (non-hydrogen) atoms. The molecule has 0 aromatic heterocycles. The summed E-state index contributed by atoms with van der Waals surface area (Å²) in [5.41, 5.74) is 1.48. The largest absolute Gasteiger partial charge is 0.452 e. The molecule has 1 aliphatic heterocycles. The van der Waals surface area contributed by atoms with E-state index in [0.29, 0.717) is 5.56 Å². The number of imide groups is 1. The molecule has 0 aliphatic carbocycles. The zero-order valence-corrected chi connectivity index (χ0v) is 14.1. The highest BCUT2D eigenvalue weighted by Crippen LogP contribution is 2.17. The van der Waals surface area contributed by atoms with Crippen LogP contribution in [0, 0.1) is 0 Å². The molecule has 7 nitrogen and oxygen atoms in total. The van der Waals surface area contributed by atoms with Crippen LogP contribution in [0.3, 0.4) is 0 Å². The molecule has 1 fully saturated rings. The molecule has 8 heteroatoms. The minimum absolute atomic E-state index is 0.114. The minimum atomic E-state index is -0.575. The molecule has 1 aliphatic rings. The Morgan fingerprint density at radius 2 is 1.96 bits per heavy atom. The van der Waals surface area contributed by atoms with Crippen LogP contribution in [0.4, 0.5) is 4.79 Å². The molecule has 1 saturated heterocycles. The van der Waals surface area contributed by atoms with Crippen molar-refractivity contribution in [3.63, 3.8) is 0 Å². The monoisotopic (exact) mass is 350 g/mol. The number of thioether (sulfide) groups is 1. The van der Waals surface area contributed by atoms with Crippen molar-refractivity contribution in [3.05, 3.63) is 35.4 Å². The molecule has 1 aromatic carbocycles. The van der Waals surface area contributed by atoms with Gasteiger partial charge in [0.25, 0.3) is 11.1 Å². The average molecular weight is 350 g/mol. The fourth-order valence-electron chi connectivity index (χ4n) is 2.05. The number of carbonyl (C=O) groups excluding carboxylic acids is 4. The van der Waals surface area contributed by atoms with Gasteiger partial charge in [0, 0.05) is 13.1 Å². The fourth-order valence-corrected chi connectivity index (χ4v) is 2.80. The summed E-state index contributed by atoms with van der Waals surface area (Å²) in [4.78, 5) is 47.3. The molecular formula is C16H18N2O5S. The predicted octanol–water partition coefficient (Wildman–Crippen LogP) is 1.22. The number of aryl methyl sites for hydroxylation is 1. The van der Waals surface area contributed by atoms with E-state index < -0.39 is 18.5 Å². The van der Waals surface area contributed by atoms with Crippen LogP contribution < -0.4 is 5.32 Å². The third kappa shape index (κ3) is 4.82. The first-order valence-electron chi connectivity index (χ1n) is 7.51. The normalized spacial score (nSPS) is 14.0. The van der Waals surface area contributed by atoms with Gasteiger partial charge < -0.3 is 10.1 Å². The number of amides is 3. The molecule has 3 amide bonds. The van der Waals surface area contributed by atoms with Gasteiger partial charge in [0.1, 0.15) is 0 Å². The zero-order chi connectivity index (χ0) is 17.5.